The molecule has 0 aliphatic carbocycles. The maximum atomic E-state index is 11.6. The first-order valence-electron chi connectivity index (χ1n) is 5.21. The van der Waals surface area contributed by atoms with Crippen molar-refractivity contribution < 1.29 is 18.9 Å². The van der Waals surface area contributed by atoms with Crippen LogP contribution in [-0.4, -0.2) is 31.1 Å². The van der Waals surface area contributed by atoms with E-state index in [2.05, 4.69) is 5.32 Å². The minimum absolute atomic E-state index is 0.0603. The molecule has 0 unspecified atom stereocenters. The normalized spacial score (nSPS) is 10.8. The third-order valence-corrected chi connectivity index (χ3v) is 2.04. The summed E-state index contributed by atoms with van der Waals surface area (Å²) in [6.45, 7) is 0.573. The molecule has 19 heavy (non-hydrogen) atoms. The molecule has 0 aromatic carbocycles. The summed E-state index contributed by atoms with van der Waals surface area (Å²) in [5.74, 6) is -0.993. The van der Waals surface area contributed by atoms with Crippen LogP contribution in [-0.2, 0) is 9.53 Å². The third kappa shape index (κ3) is 4.25. The average Bonchev–Trinajstić information content (AvgIpc) is 2.84. The van der Waals surface area contributed by atoms with E-state index < -0.39 is 16.7 Å². The number of nitrogens with zero attached hydrogens (tertiary/aromatic N) is 2. The molecule has 0 bridgehead atoms. The Morgan fingerprint density at radius 3 is 2.95 bits per heavy atom. The molecule has 8 heteroatoms. The van der Waals surface area contributed by atoms with Gasteiger partial charge in [0.2, 0.25) is 0 Å². The Labute approximate surface area is 108 Å². The molecule has 0 aliphatic heterocycles. The minimum Gasteiger partial charge on any atom is -0.401 e. The molecule has 0 fully saturated rings. The number of ether oxygens (including phenoxy) is 1. The fourth-order valence-corrected chi connectivity index (χ4v) is 1.17. The summed E-state index contributed by atoms with van der Waals surface area (Å²) in [7, 11) is 1.48. The Balaban J connectivity index is 2.78. The molecular weight excluding hydrogens is 254 g/mol. The summed E-state index contributed by atoms with van der Waals surface area (Å²) in [6, 6.07) is 4.14. The zero-order chi connectivity index (χ0) is 14.3. The summed E-state index contributed by atoms with van der Waals surface area (Å²) < 4.78 is 9.56. The highest BCUT2D eigenvalue weighted by molar-refractivity contribution is 6.01. The molecule has 1 aromatic rings. The number of hydrogen-bond acceptors (Lipinski definition) is 6. The number of nitriles is 1. The van der Waals surface area contributed by atoms with Crippen molar-refractivity contribution in [1.29, 1.82) is 5.26 Å². The van der Waals surface area contributed by atoms with Gasteiger partial charge in [-0.15, -0.1) is 0 Å². The van der Waals surface area contributed by atoms with Crippen LogP contribution >= 0.6 is 0 Å². The van der Waals surface area contributed by atoms with Gasteiger partial charge >= 0.3 is 5.88 Å². The van der Waals surface area contributed by atoms with Gasteiger partial charge in [0, 0.05) is 19.7 Å². The van der Waals surface area contributed by atoms with Gasteiger partial charge in [-0.2, -0.15) is 5.26 Å². The van der Waals surface area contributed by atoms with Gasteiger partial charge in [0.1, 0.15) is 22.3 Å². The Bertz CT molecular complexity index is 541. The zero-order valence-electron chi connectivity index (χ0n) is 10.1. The number of carbonyl (C=O) groups excluding carboxylic acids is 1. The lowest BCUT2D eigenvalue weighted by Crippen LogP contribution is -2.27. The Morgan fingerprint density at radius 2 is 2.42 bits per heavy atom. The topological polar surface area (TPSA) is 118 Å². The van der Waals surface area contributed by atoms with Crippen LogP contribution in [0.25, 0.3) is 6.08 Å². The van der Waals surface area contributed by atoms with Crippen LogP contribution in [0.15, 0.2) is 22.1 Å². The second-order valence-corrected chi connectivity index (χ2v) is 3.35. The maximum absolute atomic E-state index is 11.6. The Kier molecular flexibility index (Phi) is 5.25. The number of rotatable bonds is 6. The average molecular weight is 265 g/mol. The Hall–Kier alpha value is -2.66. The lowest BCUT2D eigenvalue weighted by Gasteiger charge is -2.02. The molecule has 1 N–H and O–H groups in total. The van der Waals surface area contributed by atoms with Gasteiger partial charge in [-0.05, 0) is 6.07 Å². The summed E-state index contributed by atoms with van der Waals surface area (Å²) >= 11 is 0. The number of furan rings is 1. The summed E-state index contributed by atoms with van der Waals surface area (Å²) in [5, 5.41) is 21.7. The first kappa shape index (κ1) is 14.4. The molecular formula is C11H11N3O5. The lowest BCUT2D eigenvalue weighted by atomic mass is 10.2. The number of nitro groups is 1. The van der Waals surface area contributed by atoms with E-state index in [4.69, 9.17) is 14.4 Å². The number of carbonyl (C=O) groups is 1. The van der Waals surface area contributed by atoms with E-state index in [1.54, 1.807) is 6.07 Å². The summed E-state index contributed by atoms with van der Waals surface area (Å²) in [6.07, 6.45) is 1.13. The van der Waals surface area contributed by atoms with Gasteiger partial charge in [-0.25, -0.2) is 0 Å². The first-order chi connectivity index (χ1) is 9.08. The van der Waals surface area contributed by atoms with E-state index in [9.17, 15) is 14.9 Å². The van der Waals surface area contributed by atoms with Gasteiger partial charge < -0.3 is 14.5 Å². The van der Waals surface area contributed by atoms with Crippen LogP contribution in [0.2, 0.25) is 0 Å². The fraction of sp³-hybridized carbons (Fsp3) is 0.273. The van der Waals surface area contributed by atoms with Gasteiger partial charge in [-0.1, -0.05) is 0 Å². The molecule has 1 aromatic heterocycles. The monoisotopic (exact) mass is 265 g/mol. The standard InChI is InChI=1S/C11H11N3O5/c1-18-5-4-13-11(15)8(7-12)6-9-2-3-10(19-9)14(16)17/h2-3,6H,4-5H2,1H3,(H,13,15)/b8-6+. The molecule has 0 saturated carbocycles. The second kappa shape index (κ2) is 6.93. The van der Waals surface area contributed by atoms with E-state index >= 15 is 0 Å². The van der Waals surface area contributed by atoms with Gasteiger partial charge in [0.05, 0.1) is 12.7 Å². The SMILES string of the molecule is COCCNC(=O)/C(C#N)=C/c1ccc([N+](=O)[O-])o1. The van der Waals surface area contributed by atoms with Crippen molar-refractivity contribution in [3.63, 3.8) is 0 Å². The van der Waals surface area contributed by atoms with Crippen LogP contribution in [0.4, 0.5) is 5.88 Å². The molecule has 1 amide bonds. The zero-order valence-corrected chi connectivity index (χ0v) is 10.1. The smallest absolute Gasteiger partial charge is 0.401 e. The van der Waals surface area contributed by atoms with Crippen molar-refractivity contribution >= 4 is 17.9 Å². The molecule has 0 radical (unpaired) electrons. The molecule has 0 atom stereocenters. The van der Waals surface area contributed by atoms with E-state index in [0.29, 0.717) is 6.61 Å². The largest absolute Gasteiger partial charge is 0.433 e. The van der Waals surface area contributed by atoms with Crippen LogP contribution in [0.5, 0.6) is 0 Å². The third-order valence-electron chi connectivity index (χ3n) is 2.04. The molecule has 100 valence electrons. The van der Waals surface area contributed by atoms with Crippen LogP contribution in [0, 0.1) is 21.4 Å². The molecule has 0 spiro atoms. The summed E-state index contributed by atoms with van der Waals surface area (Å²) in [4.78, 5) is 21.3. The van der Waals surface area contributed by atoms with E-state index in [1.807, 2.05) is 0 Å². The Morgan fingerprint density at radius 1 is 1.68 bits per heavy atom. The van der Waals surface area contributed by atoms with Crippen LogP contribution in [0.1, 0.15) is 5.76 Å². The highest BCUT2D eigenvalue weighted by Gasteiger charge is 2.13. The predicted molar refractivity (Wildman–Crippen MR) is 63.8 cm³/mol. The van der Waals surface area contributed by atoms with Crippen molar-refractivity contribution in [2.45, 2.75) is 0 Å². The number of methoxy groups -OCH3 is 1. The van der Waals surface area contributed by atoms with Crippen molar-refractivity contribution in [3.05, 3.63) is 33.6 Å². The van der Waals surface area contributed by atoms with E-state index in [0.717, 1.165) is 12.1 Å². The highest BCUT2D eigenvalue weighted by Crippen LogP contribution is 2.17. The number of nitrogens with one attached hydrogen (secondary N) is 1. The van der Waals surface area contributed by atoms with Gasteiger partial charge in [-0.3, -0.25) is 14.9 Å². The number of amides is 1. The van der Waals surface area contributed by atoms with E-state index in [-0.39, 0.29) is 17.9 Å². The van der Waals surface area contributed by atoms with Crippen molar-refractivity contribution in [2.24, 2.45) is 0 Å². The first-order valence-corrected chi connectivity index (χ1v) is 5.21. The number of hydrogen-bond donors (Lipinski definition) is 1. The molecule has 1 heterocycles. The van der Waals surface area contributed by atoms with Crippen molar-refractivity contribution in [1.82, 2.24) is 5.32 Å². The molecule has 1 rings (SSSR count). The minimum atomic E-state index is -0.706. The molecule has 0 aliphatic rings. The quantitative estimate of drug-likeness (QED) is 0.268. The molecule has 0 saturated heterocycles. The van der Waals surface area contributed by atoms with E-state index in [1.165, 1.54) is 13.2 Å². The lowest BCUT2D eigenvalue weighted by molar-refractivity contribution is -0.402. The van der Waals surface area contributed by atoms with Crippen molar-refractivity contribution in [2.75, 3.05) is 20.3 Å². The van der Waals surface area contributed by atoms with Gasteiger partial charge in [0.25, 0.3) is 5.91 Å². The molecule has 8 nitrogen and oxygen atoms in total. The van der Waals surface area contributed by atoms with Crippen molar-refractivity contribution in [3.8, 4) is 6.07 Å². The maximum Gasteiger partial charge on any atom is 0.433 e. The predicted octanol–water partition coefficient (Wildman–Crippen LogP) is 0.857. The highest BCUT2D eigenvalue weighted by atomic mass is 16.6. The summed E-state index contributed by atoms with van der Waals surface area (Å²) in [5.41, 5.74) is -0.208. The van der Waals surface area contributed by atoms with Crippen LogP contribution < -0.4 is 5.32 Å². The van der Waals surface area contributed by atoms with Gasteiger partial charge in [0.15, 0.2) is 0 Å². The second-order valence-electron chi connectivity index (χ2n) is 3.35. The van der Waals surface area contributed by atoms with Crippen LogP contribution in [0.3, 0.4) is 0 Å². The fourth-order valence-electron chi connectivity index (χ4n) is 1.17.